The Morgan fingerprint density at radius 3 is 2.23 bits per heavy atom. The van der Waals surface area contributed by atoms with Gasteiger partial charge < -0.3 is 19.8 Å². The normalized spacial score (nSPS) is 10.7. The van der Waals surface area contributed by atoms with Crippen molar-refractivity contribution in [3.63, 3.8) is 0 Å². The Kier molecular flexibility index (Phi) is 5.17. The summed E-state index contributed by atoms with van der Waals surface area (Å²) < 4.78 is 10.9. The molecule has 0 radical (unpaired) electrons. The molecule has 7 heteroatoms. The van der Waals surface area contributed by atoms with Gasteiger partial charge in [-0.1, -0.05) is 18.2 Å². The van der Waals surface area contributed by atoms with E-state index in [0.717, 1.165) is 10.8 Å². The van der Waals surface area contributed by atoms with Gasteiger partial charge in [0.25, 0.3) is 5.91 Å². The van der Waals surface area contributed by atoms with Crippen molar-refractivity contribution in [2.24, 2.45) is 0 Å². The summed E-state index contributed by atoms with van der Waals surface area (Å²) in [6.45, 7) is 1.21. The molecule has 2 N–H and O–H groups in total. The zero-order valence-electron chi connectivity index (χ0n) is 16.1. The fraction of sp³-hybridized carbons (Fsp3) is 0.0870. The first-order valence-corrected chi connectivity index (χ1v) is 9.25. The molecule has 0 saturated carbocycles. The predicted molar refractivity (Wildman–Crippen MR) is 115 cm³/mol. The fourth-order valence-corrected chi connectivity index (χ4v) is 3.14. The van der Waals surface area contributed by atoms with Gasteiger partial charge in [-0.2, -0.15) is 0 Å². The summed E-state index contributed by atoms with van der Waals surface area (Å²) in [6, 6.07) is 19.1. The van der Waals surface area contributed by atoms with E-state index in [1.54, 1.807) is 54.6 Å². The van der Waals surface area contributed by atoms with Gasteiger partial charge in [0.05, 0.1) is 5.39 Å². The largest absolute Gasteiger partial charge is 0.484 e. The molecule has 3 aromatic carbocycles. The van der Waals surface area contributed by atoms with Gasteiger partial charge >= 0.3 is 5.63 Å². The molecule has 7 nitrogen and oxygen atoms in total. The summed E-state index contributed by atoms with van der Waals surface area (Å²) in [4.78, 5) is 35.4. The topological polar surface area (TPSA) is 97.6 Å². The molecule has 0 bridgehead atoms. The van der Waals surface area contributed by atoms with Gasteiger partial charge in [0, 0.05) is 29.8 Å². The molecule has 2 amide bonds. The van der Waals surface area contributed by atoms with Crippen LogP contribution in [0.1, 0.15) is 6.92 Å². The van der Waals surface area contributed by atoms with E-state index >= 15 is 0 Å². The number of hydrogen-bond acceptors (Lipinski definition) is 5. The lowest BCUT2D eigenvalue weighted by Crippen LogP contribution is -2.20. The lowest BCUT2D eigenvalue weighted by Gasteiger charge is -2.09. The van der Waals surface area contributed by atoms with E-state index in [0.29, 0.717) is 28.1 Å². The molecule has 0 atom stereocenters. The van der Waals surface area contributed by atoms with Crippen LogP contribution in [0.4, 0.5) is 11.4 Å². The minimum atomic E-state index is -0.421. The summed E-state index contributed by atoms with van der Waals surface area (Å²) in [7, 11) is 0. The van der Waals surface area contributed by atoms with Crippen molar-refractivity contribution in [3.8, 4) is 5.75 Å². The van der Waals surface area contributed by atoms with E-state index in [4.69, 9.17) is 9.15 Å². The first kappa shape index (κ1) is 19.2. The quantitative estimate of drug-likeness (QED) is 0.389. The molecule has 1 heterocycles. The van der Waals surface area contributed by atoms with Gasteiger partial charge in [-0.15, -0.1) is 0 Å². The van der Waals surface area contributed by atoms with Crippen LogP contribution in [0.5, 0.6) is 5.75 Å². The molecule has 30 heavy (non-hydrogen) atoms. The third kappa shape index (κ3) is 4.15. The Morgan fingerprint density at radius 2 is 1.53 bits per heavy atom. The number of amides is 2. The summed E-state index contributed by atoms with van der Waals surface area (Å²) >= 11 is 0. The highest BCUT2D eigenvalue weighted by Crippen LogP contribution is 2.26. The van der Waals surface area contributed by atoms with E-state index in [-0.39, 0.29) is 18.4 Å². The molecule has 0 saturated heterocycles. The molecule has 4 aromatic rings. The minimum absolute atomic E-state index is 0.167. The van der Waals surface area contributed by atoms with Crippen molar-refractivity contribution in [1.82, 2.24) is 0 Å². The van der Waals surface area contributed by atoms with Crippen LogP contribution in [0.25, 0.3) is 21.7 Å². The molecule has 1 aromatic heterocycles. The van der Waals surface area contributed by atoms with Crippen molar-refractivity contribution < 1.29 is 18.7 Å². The van der Waals surface area contributed by atoms with Crippen LogP contribution in [0.3, 0.4) is 0 Å². The zero-order valence-corrected chi connectivity index (χ0v) is 16.1. The Bertz CT molecular complexity index is 1310. The number of benzene rings is 3. The van der Waals surface area contributed by atoms with Crippen LogP contribution in [0.2, 0.25) is 0 Å². The lowest BCUT2D eigenvalue weighted by atomic mass is 10.1. The standard InChI is InChI=1S/C23H18N2O5/c1-14(26)24-15-6-8-16(9-7-15)25-22(27)13-29-17-10-11-19-18-4-2-3-5-20(18)23(28)30-21(19)12-17/h2-12H,13H2,1H3,(H,24,26)(H,25,27). The van der Waals surface area contributed by atoms with Crippen molar-refractivity contribution in [3.05, 3.63) is 77.2 Å². The minimum Gasteiger partial charge on any atom is -0.484 e. The Morgan fingerprint density at radius 1 is 0.867 bits per heavy atom. The van der Waals surface area contributed by atoms with Crippen molar-refractivity contribution in [1.29, 1.82) is 0 Å². The molecular formula is C23H18N2O5. The fourth-order valence-electron chi connectivity index (χ4n) is 3.14. The van der Waals surface area contributed by atoms with Crippen LogP contribution >= 0.6 is 0 Å². The van der Waals surface area contributed by atoms with E-state index in [1.165, 1.54) is 6.92 Å². The third-order valence-electron chi connectivity index (χ3n) is 4.45. The van der Waals surface area contributed by atoms with E-state index < -0.39 is 5.63 Å². The molecule has 150 valence electrons. The molecular weight excluding hydrogens is 384 g/mol. The maximum absolute atomic E-state index is 12.2. The highest BCUT2D eigenvalue weighted by molar-refractivity contribution is 6.04. The maximum atomic E-state index is 12.2. The SMILES string of the molecule is CC(=O)Nc1ccc(NC(=O)COc2ccc3c(c2)oc(=O)c2ccccc23)cc1. The van der Waals surface area contributed by atoms with Gasteiger partial charge in [0.2, 0.25) is 5.91 Å². The first-order valence-electron chi connectivity index (χ1n) is 9.25. The molecule has 0 aliphatic carbocycles. The number of carbonyl (C=O) groups is 2. The molecule has 4 rings (SSSR count). The van der Waals surface area contributed by atoms with E-state index in [1.807, 2.05) is 12.1 Å². The van der Waals surface area contributed by atoms with Crippen LogP contribution in [0.15, 0.2) is 75.9 Å². The van der Waals surface area contributed by atoms with Crippen molar-refractivity contribution >= 4 is 44.9 Å². The highest BCUT2D eigenvalue weighted by atomic mass is 16.5. The second kappa shape index (κ2) is 8.08. The van der Waals surface area contributed by atoms with E-state index in [9.17, 15) is 14.4 Å². The molecule has 0 aliphatic rings. The second-order valence-electron chi connectivity index (χ2n) is 6.69. The van der Waals surface area contributed by atoms with Gasteiger partial charge in [0.1, 0.15) is 11.3 Å². The average molecular weight is 402 g/mol. The number of nitrogens with one attached hydrogen (secondary N) is 2. The summed E-state index contributed by atoms with van der Waals surface area (Å²) in [5.74, 6) is -0.0983. The van der Waals surface area contributed by atoms with Crippen LogP contribution in [0, 0.1) is 0 Å². The molecule has 0 spiro atoms. The molecule has 0 fully saturated rings. The van der Waals surface area contributed by atoms with Gasteiger partial charge in [-0.05, 0) is 47.9 Å². The van der Waals surface area contributed by atoms with Crippen molar-refractivity contribution in [2.45, 2.75) is 6.92 Å². The number of fused-ring (bicyclic) bond motifs is 3. The number of carbonyl (C=O) groups excluding carboxylic acids is 2. The molecule has 0 aliphatic heterocycles. The van der Waals surface area contributed by atoms with Crippen molar-refractivity contribution in [2.75, 3.05) is 17.2 Å². The average Bonchev–Trinajstić information content (AvgIpc) is 2.73. The maximum Gasteiger partial charge on any atom is 0.344 e. The van der Waals surface area contributed by atoms with Gasteiger partial charge in [-0.25, -0.2) is 4.79 Å². The Labute approximate surface area is 171 Å². The van der Waals surface area contributed by atoms with Gasteiger partial charge in [-0.3, -0.25) is 9.59 Å². The highest BCUT2D eigenvalue weighted by Gasteiger charge is 2.09. The first-order chi connectivity index (χ1) is 14.5. The zero-order chi connectivity index (χ0) is 21.1. The smallest absolute Gasteiger partial charge is 0.344 e. The monoisotopic (exact) mass is 402 g/mol. The predicted octanol–water partition coefficient (Wildman–Crippen LogP) is 3.92. The summed E-state index contributed by atoms with van der Waals surface area (Å²) in [5.41, 5.74) is 1.19. The van der Waals surface area contributed by atoms with E-state index in [2.05, 4.69) is 10.6 Å². The number of ether oxygens (including phenoxy) is 1. The Balaban J connectivity index is 1.44. The summed E-state index contributed by atoms with van der Waals surface area (Å²) in [6.07, 6.45) is 0. The Hall–Kier alpha value is -4.13. The lowest BCUT2D eigenvalue weighted by molar-refractivity contribution is -0.118. The van der Waals surface area contributed by atoms with Crippen LogP contribution in [-0.2, 0) is 9.59 Å². The number of anilines is 2. The molecule has 0 unspecified atom stereocenters. The summed E-state index contributed by atoms with van der Waals surface area (Å²) in [5, 5.41) is 7.48. The van der Waals surface area contributed by atoms with Crippen LogP contribution < -0.4 is 21.0 Å². The number of hydrogen-bond donors (Lipinski definition) is 2. The van der Waals surface area contributed by atoms with Gasteiger partial charge in [0.15, 0.2) is 6.61 Å². The van der Waals surface area contributed by atoms with Crippen LogP contribution in [-0.4, -0.2) is 18.4 Å². The third-order valence-corrected chi connectivity index (χ3v) is 4.45. The number of rotatable bonds is 5. The second-order valence-corrected chi connectivity index (χ2v) is 6.69.